The standard InChI is InChI=1S/C18H21N5O3/c24-16-11-13(4-5-19-16)17(25)21-7-9-22(10-8-21)18(26)14-12-20-23-6-2-1-3-15(14)23/h4-5,11-12H,1-3,6-10H2,(H,19,24). The first-order valence-electron chi connectivity index (χ1n) is 8.95. The monoisotopic (exact) mass is 355 g/mol. The molecule has 2 amide bonds. The first-order chi connectivity index (χ1) is 12.6. The second kappa shape index (κ2) is 6.78. The van der Waals surface area contributed by atoms with E-state index in [1.807, 2.05) is 4.68 Å². The lowest BCUT2D eigenvalue weighted by Gasteiger charge is -2.34. The molecule has 4 rings (SSSR count). The number of aromatic nitrogens is 3. The van der Waals surface area contributed by atoms with Gasteiger partial charge in [-0.3, -0.25) is 19.1 Å². The molecule has 0 spiro atoms. The van der Waals surface area contributed by atoms with Gasteiger partial charge in [-0.2, -0.15) is 5.10 Å². The summed E-state index contributed by atoms with van der Waals surface area (Å²) >= 11 is 0. The average molecular weight is 355 g/mol. The van der Waals surface area contributed by atoms with Crippen molar-refractivity contribution in [1.29, 1.82) is 0 Å². The molecule has 0 saturated carbocycles. The maximum atomic E-state index is 12.8. The van der Waals surface area contributed by atoms with E-state index >= 15 is 0 Å². The van der Waals surface area contributed by atoms with Gasteiger partial charge >= 0.3 is 0 Å². The third-order valence-corrected chi connectivity index (χ3v) is 5.09. The zero-order chi connectivity index (χ0) is 18.1. The van der Waals surface area contributed by atoms with Crippen LogP contribution in [0.15, 0.2) is 29.3 Å². The molecule has 8 heteroatoms. The van der Waals surface area contributed by atoms with Gasteiger partial charge in [0, 0.05) is 50.6 Å². The molecule has 1 saturated heterocycles. The fourth-order valence-corrected chi connectivity index (χ4v) is 3.64. The molecule has 26 heavy (non-hydrogen) atoms. The summed E-state index contributed by atoms with van der Waals surface area (Å²) in [6.07, 6.45) is 6.23. The van der Waals surface area contributed by atoms with Crippen LogP contribution >= 0.6 is 0 Å². The Bertz CT molecular complexity index is 892. The number of piperazine rings is 1. The van der Waals surface area contributed by atoms with Crippen LogP contribution in [0.5, 0.6) is 0 Å². The van der Waals surface area contributed by atoms with E-state index in [0.717, 1.165) is 31.5 Å². The topological polar surface area (TPSA) is 91.3 Å². The van der Waals surface area contributed by atoms with Crippen molar-refractivity contribution >= 4 is 11.8 Å². The van der Waals surface area contributed by atoms with Crippen molar-refractivity contribution in [2.75, 3.05) is 26.2 Å². The Morgan fingerprint density at radius 3 is 2.46 bits per heavy atom. The molecule has 0 radical (unpaired) electrons. The summed E-state index contributed by atoms with van der Waals surface area (Å²) < 4.78 is 1.93. The van der Waals surface area contributed by atoms with Gasteiger partial charge in [0.15, 0.2) is 0 Å². The van der Waals surface area contributed by atoms with Gasteiger partial charge in [-0.05, 0) is 25.3 Å². The number of carbonyl (C=O) groups is 2. The second-order valence-corrected chi connectivity index (χ2v) is 6.71. The smallest absolute Gasteiger partial charge is 0.257 e. The molecule has 0 aliphatic carbocycles. The average Bonchev–Trinajstić information content (AvgIpc) is 3.11. The molecule has 2 aliphatic heterocycles. The number of fused-ring (bicyclic) bond motifs is 1. The summed E-state index contributed by atoms with van der Waals surface area (Å²) in [5.41, 5.74) is 1.80. The highest BCUT2D eigenvalue weighted by molar-refractivity contribution is 5.96. The second-order valence-electron chi connectivity index (χ2n) is 6.71. The maximum Gasteiger partial charge on any atom is 0.257 e. The lowest BCUT2D eigenvalue weighted by molar-refractivity contribution is 0.0534. The zero-order valence-corrected chi connectivity index (χ0v) is 14.5. The van der Waals surface area contributed by atoms with E-state index in [0.29, 0.717) is 37.3 Å². The number of rotatable bonds is 2. The quantitative estimate of drug-likeness (QED) is 0.849. The van der Waals surface area contributed by atoms with Gasteiger partial charge in [-0.15, -0.1) is 0 Å². The molecule has 2 aliphatic rings. The minimum absolute atomic E-state index is 0.00333. The molecule has 2 aromatic heterocycles. The summed E-state index contributed by atoms with van der Waals surface area (Å²) in [4.78, 5) is 42.7. The van der Waals surface area contributed by atoms with Crippen LogP contribution < -0.4 is 5.56 Å². The molecule has 2 aromatic rings. The Balaban J connectivity index is 1.42. The van der Waals surface area contributed by atoms with Gasteiger partial charge in [-0.1, -0.05) is 0 Å². The predicted octanol–water partition coefficient (Wildman–Crippen LogP) is 0.506. The SMILES string of the molecule is O=C(c1cc[nH]c(=O)c1)N1CCN(C(=O)c2cnn3c2CCCC3)CC1. The molecule has 4 heterocycles. The number of aryl methyl sites for hydroxylation is 1. The summed E-state index contributed by atoms with van der Waals surface area (Å²) in [7, 11) is 0. The van der Waals surface area contributed by atoms with Crippen molar-refractivity contribution in [2.24, 2.45) is 0 Å². The number of pyridine rings is 1. The van der Waals surface area contributed by atoms with Gasteiger partial charge in [0.05, 0.1) is 17.5 Å². The normalized spacial score (nSPS) is 17.1. The Hall–Kier alpha value is -2.90. The molecule has 1 N–H and O–H groups in total. The number of hydrogen-bond donors (Lipinski definition) is 1. The van der Waals surface area contributed by atoms with Gasteiger partial charge in [-0.25, -0.2) is 0 Å². The Labute approximate surface area is 150 Å². The van der Waals surface area contributed by atoms with Crippen LogP contribution in [0.4, 0.5) is 0 Å². The van der Waals surface area contributed by atoms with E-state index in [1.165, 1.54) is 12.3 Å². The molecule has 0 bridgehead atoms. The van der Waals surface area contributed by atoms with Gasteiger partial charge in [0.1, 0.15) is 0 Å². The van der Waals surface area contributed by atoms with Crippen LogP contribution in [0.1, 0.15) is 39.3 Å². The molecule has 1 fully saturated rings. The number of hydrogen-bond acceptors (Lipinski definition) is 4. The fourth-order valence-electron chi connectivity index (χ4n) is 3.64. The van der Waals surface area contributed by atoms with Gasteiger partial charge in [0.2, 0.25) is 5.56 Å². The molecular weight excluding hydrogens is 334 g/mol. The van der Waals surface area contributed by atoms with E-state index in [-0.39, 0.29) is 17.4 Å². The summed E-state index contributed by atoms with van der Waals surface area (Å²) in [6.45, 7) is 2.76. The van der Waals surface area contributed by atoms with Crippen molar-refractivity contribution < 1.29 is 9.59 Å². The molecule has 0 unspecified atom stereocenters. The number of H-pyrrole nitrogens is 1. The number of aromatic amines is 1. The minimum Gasteiger partial charge on any atom is -0.335 e. The Morgan fingerprint density at radius 1 is 1.00 bits per heavy atom. The highest BCUT2D eigenvalue weighted by atomic mass is 16.2. The van der Waals surface area contributed by atoms with Crippen LogP contribution in [0.3, 0.4) is 0 Å². The van der Waals surface area contributed by atoms with Gasteiger partial charge in [0.25, 0.3) is 11.8 Å². The van der Waals surface area contributed by atoms with Crippen molar-refractivity contribution in [3.05, 3.63) is 51.7 Å². The first-order valence-corrected chi connectivity index (χ1v) is 8.95. The Kier molecular flexibility index (Phi) is 4.32. The fraction of sp³-hybridized carbons (Fsp3) is 0.444. The van der Waals surface area contributed by atoms with Crippen molar-refractivity contribution in [3.8, 4) is 0 Å². The van der Waals surface area contributed by atoms with Crippen LogP contribution in [0, 0.1) is 0 Å². The summed E-state index contributed by atoms with van der Waals surface area (Å²) in [6, 6.07) is 2.90. The first kappa shape index (κ1) is 16.6. The van der Waals surface area contributed by atoms with Crippen LogP contribution in [-0.2, 0) is 13.0 Å². The number of amides is 2. The molecule has 8 nitrogen and oxygen atoms in total. The number of nitrogens with one attached hydrogen (secondary N) is 1. The van der Waals surface area contributed by atoms with Gasteiger partial charge < -0.3 is 14.8 Å². The van der Waals surface area contributed by atoms with Crippen molar-refractivity contribution in [1.82, 2.24) is 24.6 Å². The van der Waals surface area contributed by atoms with Crippen LogP contribution in [0.2, 0.25) is 0 Å². The van der Waals surface area contributed by atoms with E-state index in [9.17, 15) is 14.4 Å². The predicted molar refractivity (Wildman–Crippen MR) is 94.0 cm³/mol. The van der Waals surface area contributed by atoms with Crippen LogP contribution in [0.25, 0.3) is 0 Å². The van der Waals surface area contributed by atoms with E-state index in [4.69, 9.17) is 0 Å². The number of carbonyl (C=O) groups excluding carboxylic acids is 2. The summed E-state index contributed by atoms with van der Waals surface area (Å²) in [5.74, 6) is -0.178. The lowest BCUT2D eigenvalue weighted by Crippen LogP contribution is -2.50. The third-order valence-electron chi connectivity index (χ3n) is 5.09. The minimum atomic E-state index is -0.296. The van der Waals surface area contributed by atoms with Crippen LogP contribution in [-0.4, -0.2) is 62.6 Å². The van der Waals surface area contributed by atoms with Crippen molar-refractivity contribution in [2.45, 2.75) is 25.8 Å². The molecule has 136 valence electrons. The molecular formula is C18H21N5O3. The lowest BCUT2D eigenvalue weighted by atomic mass is 10.1. The highest BCUT2D eigenvalue weighted by Crippen LogP contribution is 2.20. The van der Waals surface area contributed by atoms with E-state index in [2.05, 4.69) is 10.1 Å². The third kappa shape index (κ3) is 3.02. The number of nitrogens with zero attached hydrogens (tertiary/aromatic N) is 4. The zero-order valence-electron chi connectivity index (χ0n) is 14.5. The Morgan fingerprint density at radius 2 is 1.73 bits per heavy atom. The van der Waals surface area contributed by atoms with Crippen molar-refractivity contribution in [3.63, 3.8) is 0 Å². The molecule has 0 aromatic carbocycles. The molecule has 0 atom stereocenters. The maximum absolute atomic E-state index is 12.8. The van der Waals surface area contributed by atoms with E-state index < -0.39 is 0 Å². The largest absolute Gasteiger partial charge is 0.335 e. The van der Waals surface area contributed by atoms with E-state index in [1.54, 1.807) is 22.1 Å². The highest BCUT2D eigenvalue weighted by Gasteiger charge is 2.28. The summed E-state index contributed by atoms with van der Waals surface area (Å²) in [5, 5.41) is 4.34.